The maximum atomic E-state index is 12.2. The first-order valence-electron chi connectivity index (χ1n) is 8.09. The second-order valence-electron chi connectivity index (χ2n) is 5.39. The highest BCUT2D eigenvalue weighted by molar-refractivity contribution is 5.89. The van der Waals surface area contributed by atoms with Gasteiger partial charge in [-0.05, 0) is 55.8 Å². The number of ether oxygens (including phenoxy) is 3. The van der Waals surface area contributed by atoms with Crippen LogP contribution in [-0.4, -0.2) is 26.9 Å². The number of amides is 2. The van der Waals surface area contributed by atoms with Gasteiger partial charge in [0.05, 0.1) is 26.9 Å². The minimum Gasteiger partial charge on any atom is -0.494 e. The zero-order valence-corrected chi connectivity index (χ0v) is 15.0. The fraction of sp³-hybridized carbons (Fsp3) is 0.316. The fourth-order valence-electron chi connectivity index (χ4n) is 2.37. The Labute approximate surface area is 148 Å². The van der Waals surface area contributed by atoms with Gasteiger partial charge in [0.2, 0.25) is 0 Å². The minimum atomic E-state index is -0.286. The van der Waals surface area contributed by atoms with Gasteiger partial charge in [0.1, 0.15) is 5.75 Å². The Bertz CT molecular complexity index is 701. The first-order valence-corrected chi connectivity index (χ1v) is 8.09. The molecule has 0 bridgehead atoms. The fourth-order valence-corrected chi connectivity index (χ4v) is 2.37. The van der Waals surface area contributed by atoms with Gasteiger partial charge in [-0.15, -0.1) is 0 Å². The molecule has 1 atom stereocenters. The molecule has 2 amide bonds. The monoisotopic (exact) mass is 344 g/mol. The summed E-state index contributed by atoms with van der Waals surface area (Å²) >= 11 is 0. The Morgan fingerprint density at radius 3 is 2.32 bits per heavy atom. The number of nitrogens with one attached hydrogen (secondary N) is 2. The van der Waals surface area contributed by atoms with Crippen molar-refractivity contribution < 1.29 is 19.0 Å². The molecule has 0 radical (unpaired) electrons. The van der Waals surface area contributed by atoms with Crippen LogP contribution in [0.3, 0.4) is 0 Å². The predicted octanol–water partition coefficient (Wildman–Crippen LogP) is 3.99. The summed E-state index contributed by atoms with van der Waals surface area (Å²) in [6, 6.07) is 12.3. The molecule has 0 spiro atoms. The number of urea groups is 1. The average Bonchev–Trinajstić information content (AvgIpc) is 2.62. The summed E-state index contributed by atoms with van der Waals surface area (Å²) in [6.07, 6.45) is 0. The largest absolute Gasteiger partial charge is 0.494 e. The van der Waals surface area contributed by atoms with E-state index < -0.39 is 0 Å². The van der Waals surface area contributed by atoms with Gasteiger partial charge >= 0.3 is 6.03 Å². The zero-order valence-electron chi connectivity index (χ0n) is 15.0. The second-order valence-corrected chi connectivity index (χ2v) is 5.39. The molecule has 0 aliphatic heterocycles. The molecular weight excluding hydrogens is 320 g/mol. The smallest absolute Gasteiger partial charge is 0.319 e. The van der Waals surface area contributed by atoms with Crippen molar-refractivity contribution in [1.29, 1.82) is 0 Å². The number of rotatable bonds is 7. The van der Waals surface area contributed by atoms with E-state index in [2.05, 4.69) is 10.6 Å². The van der Waals surface area contributed by atoms with Crippen LogP contribution in [0.25, 0.3) is 0 Å². The molecular formula is C19H24N2O4. The van der Waals surface area contributed by atoms with Gasteiger partial charge in [-0.2, -0.15) is 0 Å². The Hall–Kier alpha value is -2.89. The van der Waals surface area contributed by atoms with Crippen LogP contribution in [0.15, 0.2) is 42.5 Å². The minimum absolute atomic E-state index is 0.192. The molecule has 0 fully saturated rings. The molecule has 1 unspecified atom stereocenters. The van der Waals surface area contributed by atoms with Crippen molar-refractivity contribution in [3.63, 3.8) is 0 Å². The molecule has 6 heteroatoms. The van der Waals surface area contributed by atoms with E-state index >= 15 is 0 Å². The van der Waals surface area contributed by atoms with E-state index in [1.165, 1.54) is 0 Å². The average molecular weight is 344 g/mol. The van der Waals surface area contributed by atoms with Crippen LogP contribution in [0.5, 0.6) is 17.2 Å². The molecule has 0 aromatic heterocycles. The number of carbonyl (C=O) groups excluding carboxylic acids is 1. The topological polar surface area (TPSA) is 68.8 Å². The highest BCUT2D eigenvalue weighted by atomic mass is 16.5. The first kappa shape index (κ1) is 18.4. The van der Waals surface area contributed by atoms with Crippen LogP contribution in [-0.2, 0) is 0 Å². The highest BCUT2D eigenvalue weighted by Gasteiger charge is 2.13. The first-order chi connectivity index (χ1) is 12.1. The Morgan fingerprint density at radius 1 is 1.04 bits per heavy atom. The summed E-state index contributed by atoms with van der Waals surface area (Å²) in [6.45, 7) is 4.43. The van der Waals surface area contributed by atoms with E-state index in [4.69, 9.17) is 14.2 Å². The molecule has 0 saturated heterocycles. The van der Waals surface area contributed by atoms with Crippen LogP contribution in [0, 0.1) is 0 Å². The molecule has 2 N–H and O–H groups in total. The lowest BCUT2D eigenvalue weighted by molar-refractivity contribution is 0.249. The molecule has 0 aliphatic carbocycles. The van der Waals surface area contributed by atoms with Crippen molar-refractivity contribution in [2.45, 2.75) is 19.9 Å². The van der Waals surface area contributed by atoms with Crippen LogP contribution in [0.4, 0.5) is 10.5 Å². The summed E-state index contributed by atoms with van der Waals surface area (Å²) in [5.74, 6) is 2.05. The normalized spacial score (nSPS) is 11.4. The van der Waals surface area contributed by atoms with Gasteiger partial charge in [-0.1, -0.05) is 6.07 Å². The van der Waals surface area contributed by atoms with Gasteiger partial charge < -0.3 is 24.8 Å². The molecule has 2 rings (SSSR count). The molecule has 6 nitrogen and oxygen atoms in total. The molecule has 0 heterocycles. The molecule has 25 heavy (non-hydrogen) atoms. The van der Waals surface area contributed by atoms with Crippen molar-refractivity contribution in [2.24, 2.45) is 0 Å². The van der Waals surface area contributed by atoms with Crippen LogP contribution in [0.2, 0.25) is 0 Å². The van der Waals surface area contributed by atoms with E-state index in [-0.39, 0.29) is 12.1 Å². The standard InChI is InChI=1S/C19H24N2O4/c1-5-25-16-9-7-15(8-10-16)21-19(22)20-13(2)14-6-11-17(23-3)18(12-14)24-4/h6-13H,5H2,1-4H3,(H2,20,21,22). The molecule has 0 aliphatic rings. The highest BCUT2D eigenvalue weighted by Crippen LogP contribution is 2.29. The lowest BCUT2D eigenvalue weighted by Gasteiger charge is -2.17. The van der Waals surface area contributed by atoms with Gasteiger partial charge in [-0.3, -0.25) is 0 Å². The number of benzene rings is 2. The lowest BCUT2D eigenvalue weighted by Crippen LogP contribution is -2.31. The summed E-state index contributed by atoms with van der Waals surface area (Å²) in [5, 5.41) is 5.70. The van der Waals surface area contributed by atoms with Crippen LogP contribution in [0.1, 0.15) is 25.5 Å². The van der Waals surface area contributed by atoms with Gasteiger partial charge in [0.25, 0.3) is 0 Å². The SMILES string of the molecule is CCOc1ccc(NC(=O)NC(C)c2ccc(OC)c(OC)c2)cc1. The predicted molar refractivity (Wildman–Crippen MR) is 97.7 cm³/mol. The van der Waals surface area contributed by atoms with Crippen molar-refractivity contribution in [2.75, 3.05) is 26.1 Å². The Morgan fingerprint density at radius 2 is 1.72 bits per heavy atom. The van der Waals surface area contributed by atoms with Crippen molar-refractivity contribution in [1.82, 2.24) is 5.32 Å². The third kappa shape index (κ3) is 5.04. The lowest BCUT2D eigenvalue weighted by atomic mass is 10.1. The number of methoxy groups -OCH3 is 2. The van der Waals surface area contributed by atoms with Crippen molar-refractivity contribution in [3.05, 3.63) is 48.0 Å². The van der Waals surface area contributed by atoms with E-state index in [0.29, 0.717) is 23.8 Å². The van der Waals surface area contributed by atoms with Crippen LogP contribution >= 0.6 is 0 Å². The van der Waals surface area contributed by atoms with Crippen molar-refractivity contribution in [3.8, 4) is 17.2 Å². The molecule has 0 saturated carbocycles. The Kier molecular flexibility index (Phi) is 6.51. The number of carbonyl (C=O) groups is 1. The quantitative estimate of drug-likeness (QED) is 0.797. The second kappa shape index (κ2) is 8.82. The number of hydrogen-bond donors (Lipinski definition) is 2. The maximum absolute atomic E-state index is 12.2. The van der Waals surface area contributed by atoms with E-state index in [9.17, 15) is 4.79 Å². The van der Waals surface area contributed by atoms with E-state index in [1.54, 1.807) is 26.4 Å². The van der Waals surface area contributed by atoms with Gasteiger partial charge in [-0.25, -0.2) is 4.79 Å². The molecule has 2 aromatic carbocycles. The molecule has 2 aromatic rings. The third-order valence-corrected chi connectivity index (χ3v) is 3.68. The van der Waals surface area contributed by atoms with Gasteiger partial charge in [0.15, 0.2) is 11.5 Å². The third-order valence-electron chi connectivity index (χ3n) is 3.68. The summed E-state index contributed by atoms with van der Waals surface area (Å²) in [7, 11) is 3.17. The van der Waals surface area contributed by atoms with Crippen LogP contribution < -0.4 is 24.8 Å². The van der Waals surface area contributed by atoms with E-state index in [0.717, 1.165) is 11.3 Å². The van der Waals surface area contributed by atoms with Crippen molar-refractivity contribution >= 4 is 11.7 Å². The molecule has 134 valence electrons. The summed E-state index contributed by atoms with van der Waals surface area (Å²) < 4.78 is 15.9. The maximum Gasteiger partial charge on any atom is 0.319 e. The summed E-state index contributed by atoms with van der Waals surface area (Å²) in [5.41, 5.74) is 1.61. The summed E-state index contributed by atoms with van der Waals surface area (Å²) in [4.78, 5) is 12.2. The van der Waals surface area contributed by atoms with E-state index in [1.807, 2.05) is 44.2 Å². The zero-order chi connectivity index (χ0) is 18.2. The Balaban J connectivity index is 1.97. The number of hydrogen-bond acceptors (Lipinski definition) is 4. The van der Waals surface area contributed by atoms with Gasteiger partial charge in [0, 0.05) is 5.69 Å². The number of anilines is 1.